The first kappa shape index (κ1) is 24.5. The molecule has 3 aromatic carbocycles. The van der Waals surface area contributed by atoms with Gasteiger partial charge in [-0.05, 0) is 67.3 Å². The van der Waals surface area contributed by atoms with Crippen LogP contribution in [0.4, 0.5) is 5.69 Å². The quantitative estimate of drug-likeness (QED) is 0.299. The van der Waals surface area contributed by atoms with Gasteiger partial charge in [0, 0.05) is 23.8 Å². The fourth-order valence-corrected chi connectivity index (χ4v) is 5.30. The summed E-state index contributed by atoms with van der Waals surface area (Å²) in [5.41, 5.74) is 5.47. The molecule has 0 bridgehead atoms. The predicted molar refractivity (Wildman–Crippen MR) is 147 cm³/mol. The zero-order chi connectivity index (χ0) is 24.9. The molecule has 0 unspecified atom stereocenters. The van der Waals surface area contributed by atoms with Crippen LogP contribution in [0.2, 0.25) is 5.02 Å². The van der Waals surface area contributed by atoms with E-state index in [1.165, 1.54) is 11.1 Å². The number of carbonyl (C=O) groups excluding carboxylic acids is 1. The van der Waals surface area contributed by atoms with E-state index in [0.717, 1.165) is 79.4 Å². The molecule has 1 amide bonds. The summed E-state index contributed by atoms with van der Waals surface area (Å²) in [6.45, 7) is 5.33. The Kier molecular flexibility index (Phi) is 7.69. The van der Waals surface area contributed by atoms with Crippen LogP contribution in [0.3, 0.4) is 0 Å². The van der Waals surface area contributed by atoms with Gasteiger partial charge >= 0.3 is 0 Å². The van der Waals surface area contributed by atoms with Gasteiger partial charge in [0.1, 0.15) is 5.82 Å². The lowest BCUT2D eigenvalue weighted by Crippen LogP contribution is -2.40. The largest absolute Gasteiger partial charge is 0.326 e. The Hall–Kier alpha value is -3.15. The molecule has 5 nitrogen and oxygen atoms in total. The molecule has 1 aliphatic heterocycles. The highest BCUT2D eigenvalue weighted by atomic mass is 35.5. The molecule has 0 saturated carbocycles. The van der Waals surface area contributed by atoms with Gasteiger partial charge in [-0.15, -0.1) is 0 Å². The van der Waals surface area contributed by atoms with Crippen molar-refractivity contribution in [1.82, 2.24) is 14.5 Å². The van der Waals surface area contributed by atoms with Crippen molar-refractivity contribution in [3.05, 3.63) is 94.8 Å². The average molecular weight is 501 g/mol. The zero-order valence-corrected chi connectivity index (χ0v) is 21.5. The van der Waals surface area contributed by atoms with Crippen molar-refractivity contribution < 1.29 is 4.79 Å². The van der Waals surface area contributed by atoms with Crippen molar-refractivity contribution in [2.45, 2.75) is 45.7 Å². The van der Waals surface area contributed by atoms with E-state index in [0.29, 0.717) is 0 Å². The van der Waals surface area contributed by atoms with Crippen molar-refractivity contribution in [2.75, 3.05) is 18.4 Å². The van der Waals surface area contributed by atoms with Crippen LogP contribution in [0.1, 0.15) is 43.1 Å². The Bertz CT molecular complexity index is 1330. The number of hydrogen-bond acceptors (Lipinski definition) is 3. The number of nitrogens with zero attached hydrogens (tertiary/aromatic N) is 3. The summed E-state index contributed by atoms with van der Waals surface area (Å²) in [7, 11) is 0. The van der Waals surface area contributed by atoms with Crippen LogP contribution in [0, 0.1) is 5.92 Å². The minimum absolute atomic E-state index is 0.0254. The maximum atomic E-state index is 13.2. The topological polar surface area (TPSA) is 50.2 Å². The molecule has 1 aromatic heterocycles. The lowest BCUT2D eigenvalue weighted by atomic mass is 9.96. The fourth-order valence-electron chi connectivity index (χ4n) is 5.17. The van der Waals surface area contributed by atoms with Crippen LogP contribution < -0.4 is 5.32 Å². The molecule has 1 N–H and O–H groups in total. The van der Waals surface area contributed by atoms with Gasteiger partial charge in [-0.2, -0.15) is 0 Å². The van der Waals surface area contributed by atoms with E-state index in [9.17, 15) is 4.79 Å². The molecule has 0 aliphatic carbocycles. The maximum absolute atomic E-state index is 13.2. The Labute approximate surface area is 218 Å². The van der Waals surface area contributed by atoms with E-state index in [4.69, 9.17) is 16.6 Å². The van der Waals surface area contributed by atoms with E-state index >= 15 is 0 Å². The SMILES string of the molecule is CCCc1ccccc1NC(=O)[C@H]1CCCN(Cc2nc3ccccc3n2Cc2ccc(Cl)cc2)C1. The number of para-hydroxylation sites is 3. The third-order valence-electron chi connectivity index (χ3n) is 7.02. The highest BCUT2D eigenvalue weighted by molar-refractivity contribution is 6.30. The smallest absolute Gasteiger partial charge is 0.228 e. The van der Waals surface area contributed by atoms with E-state index in [2.05, 4.69) is 58.1 Å². The van der Waals surface area contributed by atoms with Crippen LogP contribution in [0.15, 0.2) is 72.8 Å². The number of benzene rings is 3. The number of hydrogen-bond donors (Lipinski definition) is 1. The molecule has 186 valence electrons. The number of aromatic nitrogens is 2. The predicted octanol–water partition coefficient (Wildman–Crippen LogP) is 6.54. The highest BCUT2D eigenvalue weighted by Gasteiger charge is 2.27. The number of carbonyl (C=O) groups is 1. The van der Waals surface area contributed by atoms with Gasteiger partial charge in [0.15, 0.2) is 0 Å². The Morgan fingerprint density at radius 1 is 1.03 bits per heavy atom. The number of likely N-dealkylation sites (tertiary alicyclic amines) is 1. The Morgan fingerprint density at radius 2 is 1.81 bits per heavy atom. The Balaban J connectivity index is 1.32. The molecule has 1 atom stereocenters. The van der Waals surface area contributed by atoms with Gasteiger partial charge in [0.25, 0.3) is 0 Å². The molecule has 36 heavy (non-hydrogen) atoms. The second kappa shape index (κ2) is 11.3. The average Bonchev–Trinajstić information content (AvgIpc) is 3.23. The maximum Gasteiger partial charge on any atom is 0.228 e. The fraction of sp³-hybridized carbons (Fsp3) is 0.333. The van der Waals surface area contributed by atoms with Gasteiger partial charge in [-0.1, -0.05) is 67.4 Å². The lowest BCUT2D eigenvalue weighted by molar-refractivity contribution is -0.121. The molecular weight excluding hydrogens is 468 g/mol. The summed E-state index contributed by atoms with van der Waals surface area (Å²) >= 11 is 6.10. The van der Waals surface area contributed by atoms with Gasteiger partial charge in [-0.25, -0.2) is 4.98 Å². The number of nitrogens with one attached hydrogen (secondary N) is 1. The standard InChI is InChI=1S/C30H33ClN4O/c1-2-8-23-9-3-4-11-26(23)33-30(36)24-10-7-18-34(20-24)21-29-32-27-12-5-6-13-28(27)35(29)19-22-14-16-25(31)17-15-22/h3-6,9,11-17,24H,2,7-8,10,18-21H2,1H3,(H,33,36)/t24-/m0/s1. The Morgan fingerprint density at radius 3 is 2.64 bits per heavy atom. The number of imidazole rings is 1. The molecule has 1 saturated heterocycles. The first-order valence-electron chi connectivity index (χ1n) is 12.9. The van der Waals surface area contributed by atoms with Crippen molar-refractivity contribution >= 4 is 34.2 Å². The first-order valence-corrected chi connectivity index (χ1v) is 13.3. The number of halogens is 1. The summed E-state index contributed by atoms with van der Waals surface area (Å²) in [5, 5.41) is 3.96. The van der Waals surface area contributed by atoms with Crippen molar-refractivity contribution in [3.8, 4) is 0 Å². The number of rotatable bonds is 8. The van der Waals surface area contributed by atoms with Gasteiger partial charge in [-0.3, -0.25) is 9.69 Å². The second-order valence-electron chi connectivity index (χ2n) is 9.70. The van der Waals surface area contributed by atoms with Crippen LogP contribution in [0.5, 0.6) is 0 Å². The normalized spacial score (nSPS) is 16.3. The number of fused-ring (bicyclic) bond motifs is 1. The van der Waals surface area contributed by atoms with Crippen molar-refractivity contribution in [2.24, 2.45) is 5.92 Å². The summed E-state index contributed by atoms with van der Waals surface area (Å²) in [5.74, 6) is 1.13. The minimum atomic E-state index is -0.0254. The molecule has 1 aliphatic rings. The minimum Gasteiger partial charge on any atom is -0.326 e. The molecule has 4 aromatic rings. The van der Waals surface area contributed by atoms with Crippen LogP contribution in [-0.2, 0) is 24.3 Å². The molecule has 6 heteroatoms. The number of amides is 1. The van der Waals surface area contributed by atoms with Gasteiger partial charge in [0.2, 0.25) is 5.91 Å². The van der Waals surface area contributed by atoms with Crippen LogP contribution in [-0.4, -0.2) is 33.4 Å². The molecular formula is C30H33ClN4O. The summed E-state index contributed by atoms with van der Waals surface area (Å²) < 4.78 is 2.29. The summed E-state index contributed by atoms with van der Waals surface area (Å²) in [4.78, 5) is 20.6. The second-order valence-corrected chi connectivity index (χ2v) is 10.1. The number of aryl methyl sites for hydroxylation is 1. The molecule has 1 fully saturated rings. The van der Waals surface area contributed by atoms with Crippen LogP contribution >= 0.6 is 11.6 Å². The van der Waals surface area contributed by atoms with E-state index < -0.39 is 0 Å². The van der Waals surface area contributed by atoms with Crippen molar-refractivity contribution in [3.63, 3.8) is 0 Å². The van der Waals surface area contributed by atoms with Crippen LogP contribution in [0.25, 0.3) is 11.0 Å². The van der Waals surface area contributed by atoms with Gasteiger partial charge < -0.3 is 9.88 Å². The lowest BCUT2D eigenvalue weighted by Gasteiger charge is -2.32. The van der Waals surface area contributed by atoms with E-state index in [1.54, 1.807) is 0 Å². The van der Waals surface area contributed by atoms with Gasteiger partial charge in [0.05, 0.1) is 23.5 Å². The zero-order valence-electron chi connectivity index (χ0n) is 20.8. The third-order valence-corrected chi connectivity index (χ3v) is 7.28. The summed E-state index contributed by atoms with van der Waals surface area (Å²) in [6.07, 6.45) is 3.95. The van der Waals surface area contributed by atoms with E-state index in [-0.39, 0.29) is 11.8 Å². The monoisotopic (exact) mass is 500 g/mol. The summed E-state index contributed by atoms with van der Waals surface area (Å²) in [6, 6.07) is 24.4. The molecule has 0 radical (unpaired) electrons. The first-order chi connectivity index (χ1) is 17.6. The molecule has 0 spiro atoms. The molecule has 5 rings (SSSR count). The number of anilines is 1. The van der Waals surface area contributed by atoms with Crippen molar-refractivity contribution in [1.29, 1.82) is 0 Å². The number of piperidine rings is 1. The third kappa shape index (κ3) is 5.63. The highest BCUT2D eigenvalue weighted by Crippen LogP contribution is 2.25. The molecule has 2 heterocycles. The van der Waals surface area contributed by atoms with E-state index in [1.807, 2.05) is 36.4 Å².